The summed E-state index contributed by atoms with van der Waals surface area (Å²) in [4.78, 5) is 12.0. The van der Waals surface area contributed by atoms with E-state index >= 15 is 0 Å². The van der Waals surface area contributed by atoms with Crippen LogP contribution in [0.5, 0.6) is 0 Å². The van der Waals surface area contributed by atoms with E-state index in [1.165, 1.54) is 12.8 Å². The standard InChI is InChI=1S/C16H32N2O/c1-15(2,10-11-17)9-7-14(19)18-13-6-5-8-16(3,4)12-13/h13H,5-12,17H2,1-4H3,(H,18,19). The van der Waals surface area contributed by atoms with Crippen molar-refractivity contribution in [2.75, 3.05) is 6.54 Å². The number of amides is 1. The molecular weight excluding hydrogens is 236 g/mol. The second-order valence-corrected chi connectivity index (χ2v) is 7.73. The van der Waals surface area contributed by atoms with Gasteiger partial charge in [0, 0.05) is 12.5 Å². The summed E-state index contributed by atoms with van der Waals surface area (Å²) in [5.74, 6) is 0.216. The topological polar surface area (TPSA) is 55.1 Å². The fraction of sp³-hybridized carbons (Fsp3) is 0.938. The predicted molar refractivity (Wildman–Crippen MR) is 80.9 cm³/mol. The minimum atomic E-state index is 0.178. The molecule has 1 aliphatic rings. The van der Waals surface area contributed by atoms with Crippen LogP contribution in [0.15, 0.2) is 0 Å². The third kappa shape index (κ3) is 6.42. The Morgan fingerprint density at radius 3 is 2.63 bits per heavy atom. The van der Waals surface area contributed by atoms with Gasteiger partial charge in [0.15, 0.2) is 0 Å². The summed E-state index contributed by atoms with van der Waals surface area (Å²) < 4.78 is 0. The van der Waals surface area contributed by atoms with Crippen LogP contribution in [0.25, 0.3) is 0 Å². The first-order chi connectivity index (χ1) is 8.74. The third-order valence-corrected chi connectivity index (χ3v) is 4.42. The molecule has 0 aromatic heterocycles. The summed E-state index contributed by atoms with van der Waals surface area (Å²) >= 11 is 0. The van der Waals surface area contributed by atoms with Crippen molar-refractivity contribution < 1.29 is 4.79 Å². The Kier molecular flexibility index (Phi) is 5.84. The molecule has 3 N–H and O–H groups in total. The normalized spacial score (nSPS) is 23.1. The summed E-state index contributed by atoms with van der Waals surface area (Å²) in [6, 6.07) is 0.383. The maximum Gasteiger partial charge on any atom is 0.220 e. The molecule has 112 valence electrons. The minimum Gasteiger partial charge on any atom is -0.353 e. The van der Waals surface area contributed by atoms with Crippen molar-refractivity contribution in [3.8, 4) is 0 Å². The minimum absolute atomic E-state index is 0.178. The lowest BCUT2D eigenvalue weighted by Gasteiger charge is -2.35. The van der Waals surface area contributed by atoms with Crippen molar-refractivity contribution >= 4 is 5.91 Å². The molecule has 1 aliphatic carbocycles. The van der Waals surface area contributed by atoms with Gasteiger partial charge in [0.2, 0.25) is 5.91 Å². The maximum absolute atomic E-state index is 12.0. The van der Waals surface area contributed by atoms with E-state index in [1.807, 2.05) is 0 Å². The highest BCUT2D eigenvalue weighted by atomic mass is 16.1. The van der Waals surface area contributed by atoms with Crippen molar-refractivity contribution in [1.29, 1.82) is 0 Å². The van der Waals surface area contributed by atoms with E-state index in [0.717, 1.165) is 25.7 Å². The molecule has 0 aliphatic heterocycles. The van der Waals surface area contributed by atoms with Crippen LogP contribution < -0.4 is 11.1 Å². The van der Waals surface area contributed by atoms with E-state index in [2.05, 4.69) is 33.0 Å². The molecule has 0 spiro atoms. The van der Waals surface area contributed by atoms with Gasteiger partial charge in [-0.2, -0.15) is 0 Å². The SMILES string of the molecule is CC(C)(CCN)CCC(=O)NC1CCCC(C)(C)C1. The molecule has 1 rings (SSSR count). The van der Waals surface area contributed by atoms with E-state index in [1.54, 1.807) is 0 Å². The van der Waals surface area contributed by atoms with Gasteiger partial charge in [-0.05, 0) is 49.5 Å². The van der Waals surface area contributed by atoms with Crippen LogP contribution in [-0.4, -0.2) is 18.5 Å². The molecular formula is C16H32N2O. The summed E-state index contributed by atoms with van der Waals surface area (Å²) in [6.45, 7) is 9.69. The van der Waals surface area contributed by atoms with Crippen LogP contribution in [0.2, 0.25) is 0 Å². The Labute approximate surface area is 118 Å². The molecule has 1 amide bonds. The van der Waals surface area contributed by atoms with Crippen LogP contribution in [0.4, 0.5) is 0 Å². The number of nitrogens with one attached hydrogen (secondary N) is 1. The van der Waals surface area contributed by atoms with Crippen molar-refractivity contribution in [2.45, 2.75) is 78.7 Å². The van der Waals surface area contributed by atoms with Gasteiger partial charge < -0.3 is 11.1 Å². The highest BCUT2D eigenvalue weighted by molar-refractivity contribution is 5.76. The Bertz CT molecular complexity index is 297. The number of hydrogen-bond donors (Lipinski definition) is 2. The van der Waals surface area contributed by atoms with Gasteiger partial charge in [-0.15, -0.1) is 0 Å². The van der Waals surface area contributed by atoms with Gasteiger partial charge in [-0.3, -0.25) is 4.79 Å². The van der Waals surface area contributed by atoms with Gasteiger partial charge >= 0.3 is 0 Å². The largest absolute Gasteiger partial charge is 0.353 e. The zero-order valence-corrected chi connectivity index (χ0v) is 13.2. The maximum atomic E-state index is 12.0. The van der Waals surface area contributed by atoms with Crippen LogP contribution in [0.1, 0.15) is 72.6 Å². The molecule has 0 radical (unpaired) electrons. The van der Waals surface area contributed by atoms with Crippen LogP contribution in [0.3, 0.4) is 0 Å². The number of carbonyl (C=O) groups is 1. The summed E-state index contributed by atoms with van der Waals surface area (Å²) in [7, 11) is 0. The molecule has 0 aromatic carbocycles. The summed E-state index contributed by atoms with van der Waals surface area (Å²) in [5, 5.41) is 3.22. The smallest absolute Gasteiger partial charge is 0.220 e. The zero-order chi connectivity index (χ0) is 14.5. The second kappa shape index (κ2) is 6.74. The first-order valence-electron chi connectivity index (χ1n) is 7.74. The van der Waals surface area contributed by atoms with Gasteiger partial charge in [-0.1, -0.05) is 34.1 Å². The number of hydrogen-bond acceptors (Lipinski definition) is 2. The number of rotatable bonds is 6. The lowest BCUT2D eigenvalue weighted by Crippen LogP contribution is -2.40. The van der Waals surface area contributed by atoms with Gasteiger partial charge in [0.05, 0.1) is 0 Å². The molecule has 0 saturated heterocycles. The average Bonchev–Trinajstić information content (AvgIpc) is 2.25. The highest BCUT2D eigenvalue weighted by Gasteiger charge is 2.29. The molecule has 3 nitrogen and oxygen atoms in total. The Balaban J connectivity index is 2.31. The second-order valence-electron chi connectivity index (χ2n) is 7.73. The first kappa shape index (κ1) is 16.5. The van der Waals surface area contributed by atoms with Crippen LogP contribution in [-0.2, 0) is 4.79 Å². The quantitative estimate of drug-likeness (QED) is 0.777. The van der Waals surface area contributed by atoms with Crippen LogP contribution in [0, 0.1) is 10.8 Å². The highest BCUT2D eigenvalue weighted by Crippen LogP contribution is 2.35. The Hall–Kier alpha value is -0.570. The molecule has 0 heterocycles. The molecule has 1 fully saturated rings. The first-order valence-corrected chi connectivity index (χ1v) is 7.74. The van der Waals surface area contributed by atoms with Crippen LogP contribution >= 0.6 is 0 Å². The van der Waals surface area contributed by atoms with Crippen molar-refractivity contribution in [2.24, 2.45) is 16.6 Å². The predicted octanol–water partition coefficient (Wildman–Crippen LogP) is 3.23. The molecule has 19 heavy (non-hydrogen) atoms. The number of nitrogens with two attached hydrogens (primary N) is 1. The molecule has 1 saturated carbocycles. The van der Waals surface area contributed by atoms with E-state index in [4.69, 9.17) is 5.73 Å². The average molecular weight is 268 g/mol. The van der Waals surface area contributed by atoms with Gasteiger partial charge in [-0.25, -0.2) is 0 Å². The molecule has 0 aromatic rings. The van der Waals surface area contributed by atoms with E-state index in [0.29, 0.717) is 24.4 Å². The van der Waals surface area contributed by atoms with Crippen molar-refractivity contribution in [3.05, 3.63) is 0 Å². The van der Waals surface area contributed by atoms with E-state index in [-0.39, 0.29) is 11.3 Å². The van der Waals surface area contributed by atoms with Gasteiger partial charge in [0.1, 0.15) is 0 Å². The van der Waals surface area contributed by atoms with E-state index in [9.17, 15) is 4.79 Å². The summed E-state index contributed by atoms with van der Waals surface area (Å²) in [6.07, 6.45) is 7.30. The fourth-order valence-corrected chi connectivity index (χ4v) is 3.09. The molecule has 1 unspecified atom stereocenters. The summed E-state index contributed by atoms with van der Waals surface area (Å²) in [5.41, 5.74) is 6.16. The Morgan fingerprint density at radius 2 is 2.05 bits per heavy atom. The lowest BCUT2D eigenvalue weighted by atomic mass is 9.75. The Morgan fingerprint density at radius 1 is 1.37 bits per heavy atom. The van der Waals surface area contributed by atoms with Crippen molar-refractivity contribution in [3.63, 3.8) is 0 Å². The fourth-order valence-electron chi connectivity index (χ4n) is 3.09. The van der Waals surface area contributed by atoms with Gasteiger partial charge in [0.25, 0.3) is 0 Å². The molecule has 0 bridgehead atoms. The zero-order valence-electron chi connectivity index (χ0n) is 13.2. The third-order valence-electron chi connectivity index (χ3n) is 4.42. The van der Waals surface area contributed by atoms with E-state index < -0.39 is 0 Å². The molecule has 3 heteroatoms. The monoisotopic (exact) mass is 268 g/mol. The van der Waals surface area contributed by atoms with Crippen molar-refractivity contribution in [1.82, 2.24) is 5.32 Å². The lowest BCUT2D eigenvalue weighted by molar-refractivity contribution is -0.122. The number of carbonyl (C=O) groups excluding carboxylic acids is 1. The molecule has 1 atom stereocenters.